The third kappa shape index (κ3) is 5.07. The van der Waals surface area contributed by atoms with E-state index in [-0.39, 0.29) is 11.3 Å². The Balaban J connectivity index is 1.72. The highest BCUT2D eigenvalue weighted by atomic mass is 32.2. The van der Waals surface area contributed by atoms with E-state index in [9.17, 15) is 31.2 Å². The van der Waals surface area contributed by atoms with Crippen molar-refractivity contribution < 1.29 is 35.9 Å². The van der Waals surface area contributed by atoms with E-state index in [4.69, 9.17) is 4.74 Å². The summed E-state index contributed by atoms with van der Waals surface area (Å²) in [6, 6.07) is 10.9. The summed E-state index contributed by atoms with van der Waals surface area (Å²) < 4.78 is 66.3. The van der Waals surface area contributed by atoms with Gasteiger partial charge in [0.05, 0.1) is 22.9 Å². The molecule has 2 aromatic carbocycles. The zero-order chi connectivity index (χ0) is 21.9. The van der Waals surface area contributed by atoms with E-state index in [0.29, 0.717) is 5.69 Å². The molecule has 158 valence electrons. The van der Waals surface area contributed by atoms with Crippen LogP contribution in [0.5, 0.6) is 0 Å². The van der Waals surface area contributed by atoms with Crippen molar-refractivity contribution in [2.24, 2.45) is 0 Å². The lowest BCUT2D eigenvalue weighted by Gasteiger charge is -2.27. The molecule has 2 aromatic rings. The van der Waals surface area contributed by atoms with Crippen LogP contribution in [0.4, 0.5) is 18.9 Å². The fourth-order valence-electron chi connectivity index (χ4n) is 2.90. The monoisotopic (exact) mass is 439 g/mol. The first-order valence-electron chi connectivity index (χ1n) is 8.69. The number of sulfone groups is 1. The molecule has 0 saturated heterocycles. The molecule has 3 rings (SSSR count). The Hall–Kier alpha value is -3.14. The van der Waals surface area contributed by atoms with Crippen LogP contribution in [-0.4, -0.2) is 38.7 Å². The van der Waals surface area contributed by atoms with Crippen LogP contribution in [0.1, 0.15) is 15.9 Å². The molecule has 0 fully saturated rings. The normalized spacial score (nSPS) is 17.5. The highest BCUT2D eigenvalue weighted by Gasteiger charge is 2.32. The van der Waals surface area contributed by atoms with E-state index in [0.717, 1.165) is 29.7 Å². The molecule has 1 heterocycles. The van der Waals surface area contributed by atoms with Crippen molar-refractivity contribution in [3.8, 4) is 0 Å². The quantitative estimate of drug-likeness (QED) is 0.669. The molecule has 1 amide bonds. The molecular weight excluding hydrogens is 423 g/mol. The summed E-state index contributed by atoms with van der Waals surface area (Å²) in [4.78, 5) is 26.1. The van der Waals surface area contributed by atoms with Crippen molar-refractivity contribution in [3.05, 3.63) is 77.2 Å². The standard InChI is InChI=1S/C20H16F3NO5S/c21-20(22,23)15-8-6-14(7-9-15)19(26)29-12-18(25)24(16-4-2-1-3-5-16)17-10-11-30(27,28)13-17/h1-11,17H,12-13H2. The summed E-state index contributed by atoms with van der Waals surface area (Å²) in [7, 11) is -3.45. The van der Waals surface area contributed by atoms with Crippen LogP contribution >= 0.6 is 0 Å². The van der Waals surface area contributed by atoms with Crippen molar-refractivity contribution in [2.75, 3.05) is 17.3 Å². The lowest BCUT2D eigenvalue weighted by atomic mass is 10.1. The summed E-state index contributed by atoms with van der Waals surface area (Å²) in [5, 5.41) is 1.02. The van der Waals surface area contributed by atoms with E-state index in [2.05, 4.69) is 0 Å². The minimum absolute atomic E-state index is 0.148. The van der Waals surface area contributed by atoms with Gasteiger partial charge in [-0.25, -0.2) is 13.2 Å². The molecular formula is C20H16F3NO5S. The van der Waals surface area contributed by atoms with Gasteiger partial charge in [0.1, 0.15) is 0 Å². The molecule has 1 atom stereocenters. The summed E-state index contributed by atoms with van der Waals surface area (Å²) in [6.07, 6.45) is -3.17. The summed E-state index contributed by atoms with van der Waals surface area (Å²) in [5.41, 5.74) is -0.648. The third-order valence-corrected chi connectivity index (χ3v) is 5.70. The largest absolute Gasteiger partial charge is 0.452 e. The minimum Gasteiger partial charge on any atom is -0.452 e. The molecule has 0 spiro atoms. The van der Waals surface area contributed by atoms with Gasteiger partial charge in [-0.2, -0.15) is 13.2 Å². The maximum Gasteiger partial charge on any atom is 0.416 e. The number of benzene rings is 2. The average Bonchev–Trinajstić information content (AvgIpc) is 3.05. The highest BCUT2D eigenvalue weighted by molar-refractivity contribution is 7.94. The van der Waals surface area contributed by atoms with E-state index >= 15 is 0 Å². The predicted molar refractivity (Wildman–Crippen MR) is 102 cm³/mol. The van der Waals surface area contributed by atoms with Crippen LogP contribution in [0.25, 0.3) is 0 Å². The van der Waals surface area contributed by atoms with Crippen LogP contribution in [0.15, 0.2) is 66.1 Å². The van der Waals surface area contributed by atoms with Crippen LogP contribution in [0, 0.1) is 0 Å². The minimum atomic E-state index is -4.54. The molecule has 0 aromatic heterocycles. The smallest absolute Gasteiger partial charge is 0.416 e. The third-order valence-electron chi connectivity index (χ3n) is 4.32. The van der Waals surface area contributed by atoms with Crippen molar-refractivity contribution >= 4 is 27.4 Å². The Morgan fingerprint density at radius 2 is 1.67 bits per heavy atom. The number of halogens is 3. The maximum absolute atomic E-state index is 12.7. The lowest BCUT2D eigenvalue weighted by Crippen LogP contribution is -2.43. The number of amides is 1. The Morgan fingerprint density at radius 3 is 2.20 bits per heavy atom. The van der Waals surface area contributed by atoms with Crippen LogP contribution in [0.2, 0.25) is 0 Å². The zero-order valence-corrected chi connectivity index (χ0v) is 16.2. The van der Waals surface area contributed by atoms with E-state index in [1.165, 1.54) is 11.0 Å². The van der Waals surface area contributed by atoms with Gasteiger partial charge in [0.15, 0.2) is 16.4 Å². The number of alkyl halides is 3. The predicted octanol–water partition coefficient (Wildman–Crippen LogP) is 3.21. The number of ether oxygens (including phenoxy) is 1. The summed E-state index contributed by atoms with van der Waals surface area (Å²) >= 11 is 0. The zero-order valence-electron chi connectivity index (χ0n) is 15.4. The molecule has 1 aliphatic heterocycles. The van der Waals surface area contributed by atoms with Gasteiger partial charge in [-0.15, -0.1) is 0 Å². The van der Waals surface area contributed by atoms with Gasteiger partial charge in [0, 0.05) is 11.1 Å². The topological polar surface area (TPSA) is 80.8 Å². The first kappa shape index (κ1) is 21.6. The van der Waals surface area contributed by atoms with Crippen LogP contribution < -0.4 is 4.90 Å². The molecule has 0 N–H and O–H groups in total. The molecule has 0 saturated carbocycles. The van der Waals surface area contributed by atoms with Crippen molar-refractivity contribution in [1.82, 2.24) is 0 Å². The second-order valence-corrected chi connectivity index (χ2v) is 8.41. The molecule has 0 aliphatic carbocycles. The average molecular weight is 439 g/mol. The molecule has 10 heteroatoms. The number of nitrogens with zero attached hydrogens (tertiary/aromatic N) is 1. The molecule has 0 bridgehead atoms. The van der Waals surface area contributed by atoms with Crippen LogP contribution in [0.3, 0.4) is 0 Å². The van der Waals surface area contributed by atoms with Gasteiger partial charge < -0.3 is 9.64 Å². The van der Waals surface area contributed by atoms with Crippen molar-refractivity contribution in [2.45, 2.75) is 12.2 Å². The Kier molecular flexibility index (Phi) is 5.97. The van der Waals surface area contributed by atoms with Crippen molar-refractivity contribution in [3.63, 3.8) is 0 Å². The Morgan fingerprint density at radius 1 is 1.03 bits per heavy atom. The first-order chi connectivity index (χ1) is 14.1. The number of anilines is 1. The second kappa shape index (κ2) is 8.31. The summed E-state index contributed by atoms with van der Waals surface area (Å²) in [5.74, 6) is -1.95. The van der Waals surface area contributed by atoms with E-state index < -0.39 is 46.1 Å². The van der Waals surface area contributed by atoms with Gasteiger partial charge >= 0.3 is 12.1 Å². The molecule has 1 unspecified atom stereocenters. The summed E-state index contributed by atoms with van der Waals surface area (Å²) in [6.45, 7) is -0.709. The van der Waals surface area contributed by atoms with Gasteiger partial charge in [0.25, 0.3) is 5.91 Å². The Labute approximate surface area is 170 Å². The number of carbonyl (C=O) groups is 2. The van der Waals surface area contributed by atoms with Gasteiger partial charge in [-0.05, 0) is 42.5 Å². The van der Waals surface area contributed by atoms with Gasteiger partial charge in [-0.1, -0.05) is 18.2 Å². The van der Waals surface area contributed by atoms with E-state index in [1.54, 1.807) is 30.3 Å². The van der Waals surface area contributed by atoms with E-state index in [1.807, 2.05) is 0 Å². The number of para-hydroxylation sites is 1. The highest BCUT2D eigenvalue weighted by Crippen LogP contribution is 2.29. The number of esters is 1. The fourth-order valence-corrected chi connectivity index (χ4v) is 4.17. The number of carbonyl (C=O) groups excluding carboxylic acids is 2. The Bertz CT molecular complexity index is 1060. The number of hydrogen-bond acceptors (Lipinski definition) is 5. The molecule has 30 heavy (non-hydrogen) atoms. The first-order valence-corrected chi connectivity index (χ1v) is 10.4. The number of hydrogen-bond donors (Lipinski definition) is 0. The van der Waals surface area contributed by atoms with Gasteiger partial charge in [0.2, 0.25) is 0 Å². The van der Waals surface area contributed by atoms with Crippen molar-refractivity contribution in [1.29, 1.82) is 0 Å². The molecule has 1 aliphatic rings. The van der Waals surface area contributed by atoms with Gasteiger partial charge in [-0.3, -0.25) is 4.79 Å². The molecule has 6 nitrogen and oxygen atoms in total. The fraction of sp³-hybridized carbons (Fsp3) is 0.200. The molecule has 0 radical (unpaired) electrons. The number of rotatable bonds is 5. The maximum atomic E-state index is 12.7. The van der Waals surface area contributed by atoms with Crippen LogP contribution in [-0.2, 0) is 25.5 Å². The second-order valence-electron chi connectivity index (χ2n) is 6.48. The SMILES string of the molecule is O=C(OCC(=O)N(c1ccccc1)C1C=CS(=O)(=O)C1)c1ccc(C(F)(F)F)cc1. The lowest BCUT2D eigenvalue weighted by molar-refractivity contribution is -0.137.